The van der Waals surface area contributed by atoms with Crippen molar-refractivity contribution in [3.8, 4) is 0 Å². The zero-order valence-corrected chi connectivity index (χ0v) is 12.0. The first-order valence-corrected chi connectivity index (χ1v) is 6.42. The number of hydrogen-bond donors (Lipinski definition) is 1. The van der Waals surface area contributed by atoms with Crippen LogP contribution in [-0.4, -0.2) is 16.1 Å². The van der Waals surface area contributed by atoms with Gasteiger partial charge in [0.2, 0.25) is 5.67 Å². The third-order valence-electron chi connectivity index (χ3n) is 3.06. The van der Waals surface area contributed by atoms with Crippen molar-refractivity contribution in [2.75, 3.05) is 0 Å². The molecule has 1 unspecified atom stereocenters. The van der Waals surface area contributed by atoms with E-state index in [0.717, 1.165) is 6.92 Å². The van der Waals surface area contributed by atoms with Gasteiger partial charge in [0.1, 0.15) is 5.52 Å². The number of oxazole rings is 1. The number of alkyl halides is 1. The van der Waals surface area contributed by atoms with Gasteiger partial charge in [-0.1, -0.05) is 26.8 Å². The second-order valence-corrected chi connectivity index (χ2v) is 6.34. The highest BCUT2D eigenvalue weighted by Crippen LogP contribution is 2.30. The molecule has 1 heterocycles. The van der Waals surface area contributed by atoms with E-state index in [1.165, 1.54) is 12.1 Å². The molecule has 0 radical (unpaired) electrons. The minimum Gasteiger partial charge on any atom is -0.479 e. The van der Waals surface area contributed by atoms with Gasteiger partial charge in [-0.15, -0.1) is 0 Å². The lowest BCUT2D eigenvalue weighted by Gasteiger charge is -2.14. The molecular weight excluding hydrogens is 261 g/mol. The molecule has 5 heteroatoms. The Balaban J connectivity index is 2.43. The Labute approximate surface area is 116 Å². The van der Waals surface area contributed by atoms with Crippen molar-refractivity contribution in [3.05, 3.63) is 29.7 Å². The van der Waals surface area contributed by atoms with Crippen LogP contribution in [0, 0.1) is 5.41 Å². The topological polar surface area (TPSA) is 63.3 Å². The van der Waals surface area contributed by atoms with Gasteiger partial charge in [-0.3, -0.25) is 0 Å². The Morgan fingerprint density at radius 1 is 1.35 bits per heavy atom. The summed E-state index contributed by atoms with van der Waals surface area (Å²) in [7, 11) is 0. The van der Waals surface area contributed by atoms with Gasteiger partial charge in [0.25, 0.3) is 0 Å². The van der Waals surface area contributed by atoms with E-state index in [9.17, 15) is 9.18 Å². The van der Waals surface area contributed by atoms with E-state index >= 15 is 0 Å². The zero-order valence-electron chi connectivity index (χ0n) is 12.0. The second-order valence-electron chi connectivity index (χ2n) is 6.34. The van der Waals surface area contributed by atoms with Crippen molar-refractivity contribution in [1.29, 1.82) is 0 Å². The summed E-state index contributed by atoms with van der Waals surface area (Å²) < 4.78 is 19.7. The van der Waals surface area contributed by atoms with Crippen LogP contribution in [-0.2, 0) is 16.9 Å². The SMILES string of the molecule is CC(C)(C)Cc1nc2cc(C(C)(F)C(=O)O)ccc2o1. The predicted molar refractivity (Wildman–Crippen MR) is 73.3 cm³/mol. The molecule has 0 saturated carbocycles. The number of carboxylic acids is 1. The summed E-state index contributed by atoms with van der Waals surface area (Å²) in [5.41, 5.74) is -1.33. The molecule has 2 rings (SSSR count). The third kappa shape index (κ3) is 2.81. The van der Waals surface area contributed by atoms with E-state index in [-0.39, 0.29) is 11.0 Å². The van der Waals surface area contributed by atoms with E-state index in [2.05, 4.69) is 25.8 Å². The molecule has 1 aromatic heterocycles. The molecule has 0 fully saturated rings. The number of hydrogen-bond acceptors (Lipinski definition) is 3. The number of benzene rings is 1. The summed E-state index contributed by atoms with van der Waals surface area (Å²) in [4.78, 5) is 15.2. The van der Waals surface area contributed by atoms with Gasteiger partial charge in [0, 0.05) is 12.0 Å². The first-order chi connectivity index (χ1) is 9.09. The highest BCUT2D eigenvalue weighted by molar-refractivity contribution is 5.82. The summed E-state index contributed by atoms with van der Waals surface area (Å²) in [6.45, 7) is 7.22. The molecule has 4 nitrogen and oxygen atoms in total. The summed E-state index contributed by atoms with van der Waals surface area (Å²) in [5, 5.41) is 8.91. The maximum atomic E-state index is 14.1. The third-order valence-corrected chi connectivity index (χ3v) is 3.06. The number of aromatic nitrogens is 1. The first kappa shape index (κ1) is 14.5. The van der Waals surface area contributed by atoms with Crippen molar-refractivity contribution in [1.82, 2.24) is 4.98 Å². The minimum absolute atomic E-state index is 0.0272. The molecule has 20 heavy (non-hydrogen) atoms. The second kappa shape index (κ2) is 4.58. The van der Waals surface area contributed by atoms with Crippen molar-refractivity contribution in [2.24, 2.45) is 5.41 Å². The highest BCUT2D eigenvalue weighted by atomic mass is 19.1. The highest BCUT2D eigenvalue weighted by Gasteiger charge is 2.35. The molecule has 1 N–H and O–H groups in total. The largest absolute Gasteiger partial charge is 0.479 e. The quantitative estimate of drug-likeness (QED) is 0.930. The van der Waals surface area contributed by atoms with Crippen LogP contribution in [0.4, 0.5) is 4.39 Å². The number of carbonyl (C=O) groups is 1. The normalized spacial score (nSPS) is 15.2. The lowest BCUT2D eigenvalue weighted by atomic mass is 9.92. The number of halogens is 1. The van der Waals surface area contributed by atoms with Gasteiger partial charge in [-0.05, 0) is 24.5 Å². The van der Waals surface area contributed by atoms with Gasteiger partial charge >= 0.3 is 5.97 Å². The van der Waals surface area contributed by atoms with Crippen molar-refractivity contribution in [3.63, 3.8) is 0 Å². The van der Waals surface area contributed by atoms with E-state index in [0.29, 0.717) is 23.4 Å². The fourth-order valence-electron chi connectivity index (χ4n) is 1.92. The average Bonchev–Trinajstić information content (AvgIpc) is 2.66. The smallest absolute Gasteiger partial charge is 0.345 e. The van der Waals surface area contributed by atoms with E-state index < -0.39 is 11.6 Å². The number of carboxylic acid groups (broad SMARTS) is 1. The molecule has 108 valence electrons. The maximum Gasteiger partial charge on any atom is 0.345 e. The molecule has 0 saturated heterocycles. The molecular formula is C15H18FNO3. The number of aliphatic carboxylic acids is 1. The number of nitrogens with zero attached hydrogens (tertiary/aromatic N) is 1. The minimum atomic E-state index is -2.43. The van der Waals surface area contributed by atoms with Crippen LogP contribution in [0.5, 0.6) is 0 Å². The van der Waals surface area contributed by atoms with E-state index in [4.69, 9.17) is 9.52 Å². The average molecular weight is 279 g/mol. The molecule has 2 aromatic rings. The summed E-state index contributed by atoms with van der Waals surface area (Å²) in [6, 6.07) is 4.41. The van der Waals surface area contributed by atoms with Crippen molar-refractivity contribution >= 4 is 17.1 Å². The molecule has 1 atom stereocenters. The Hall–Kier alpha value is -1.91. The van der Waals surface area contributed by atoms with Gasteiger partial charge in [0.15, 0.2) is 11.5 Å². The van der Waals surface area contributed by atoms with Crippen LogP contribution >= 0.6 is 0 Å². The van der Waals surface area contributed by atoms with Gasteiger partial charge in [0.05, 0.1) is 0 Å². The van der Waals surface area contributed by atoms with Crippen molar-refractivity contribution < 1.29 is 18.7 Å². The number of fused-ring (bicyclic) bond motifs is 1. The molecule has 0 bridgehead atoms. The summed E-state index contributed by atoms with van der Waals surface area (Å²) in [6.07, 6.45) is 0.656. The van der Waals surface area contributed by atoms with Crippen LogP contribution in [0.25, 0.3) is 11.1 Å². The lowest BCUT2D eigenvalue weighted by Crippen LogP contribution is -2.26. The van der Waals surface area contributed by atoms with E-state index in [1.807, 2.05) is 0 Å². The van der Waals surface area contributed by atoms with Crippen LogP contribution in [0.3, 0.4) is 0 Å². The molecule has 0 aliphatic rings. The monoisotopic (exact) mass is 279 g/mol. The fraction of sp³-hybridized carbons (Fsp3) is 0.467. The Morgan fingerprint density at radius 2 is 2.00 bits per heavy atom. The van der Waals surface area contributed by atoms with Gasteiger partial charge in [-0.25, -0.2) is 14.2 Å². The standard InChI is InChI=1S/C15H18FNO3/c1-14(2,3)8-12-17-10-7-9(5-6-11(10)20-12)15(4,16)13(18)19/h5-7H,8H2,1-4H3,(H,18,19). The molecule has 0 spiro atoms. The molecule has 0 aliphatic heterocycles. The molecule has 0 amide bonds. The Morgan fingerprint density at radius 3 is 2.55 bits per heavy atom. The van der Waals surface area contributed by atoms with Crippen LogP contribution in [0.2, 0.25) is 0 Å². The fourth-order valence-corrected chi connectivity index (χ4v) is 1.92. The number of rotatable bonds is 3. The molecule has 1 aromatic carbocycles. The van der Waals surface area contributed by atoms with Gasteiger partial charge in [-0.2, -0.15) is 0 Å². The van der Waals surface area contributed by atoms with E-state index in [1.54, 1.807) is 6.07 Å². The lowest BCUT2D eigenvalue weighted by molar-refractivity contribution is -0.150. The van der Waals surface area contributed by atoms with Gasteiger partial charge < -0.3 is 9.52 Å². The zero-order chi connectivity index (χ0) is 15.1. The first-order valence-electron chi connectivity index (χ1n) is 6.42. The van der Waals surface area contributed by atoms with Crippen molar-refractivity contribution in [2.45, 2.75) is 39.8 Å². The summed E-state index contributed by atoms with van der Waals surface area (Å²) >= 11 is 0. The Kier molecular flexibility index (Phi) is 3.32. The molecule has 0 aliphatic carbocycles. The Bertz CT molecular complexity index is 653. The maximum absolute atomic E-state index is 14.1. The summed E-state index contributed by atoms with van der Waals surface area (Å²) in [5.74, 6) is -0.948. The van der Waals surface area contributed by atoms with Crippen LogP contribution < -0.4 is 0 Å². The van der Waals surface area contributed by atoms with Crippen LogP contribution in [0.1, 0.15) is 39.1 Å². The van der Waals surface area contributed by atoms with Crippen LogP contribution in [0.15, 0.2) is 22.6 Å². The predicted octanol–water partition coefficient (Wildman–Crippen LogP) is 3.69.